The highest BCUT2D eigenvalue weighted by Gasteiger charge is 2.46. The van der Waals surface area contributed by atoms with Crippen LogP contribution in [0.1, 0.15) is 0 Å². The third-order valence-corrected chi connectivity index (χ3v) is 8.25. The van der Waals surface area contributed by atoms with Crippen molar-refractivity contribution in [1.82, 2.24) is 0 Å². The summed E-state index contributed by atoms with van der Waals surface area (Å²) in [6, 6.07) is 0. The van der Waals surface area contributed by atoms with Gasteiger partial charge in [-0.15, -0.1) is 13.2 Å². The first-order valence-electron chi connectivity index (χ1n) is 5.00. The molecule has 16 heavy (non-hydrogen) atoms. The second-order valence-electron chi connectivity index (χ2n) is 3.63. The molecule has 1 aliphatic heterocycles. The average Bonchev–Trinajstić information content (AvgIpc) is 2.28. The summed E-state index contributed by atoms with van der Waals surface area (Å²) in [5.41, 5.74) is 0. The first-order valence-corrected chi connectivity index (χ1v) is 8.33. The maximum atomic E-state index is 9.90. The van der Waals surface area contributed by atoms with Crippen LogP contribution < -0.4 is 0 Å². The van der Waals surface area contributed by atoms with Gasteiger partial charge in [-0.1, -0.05) is 12.2 Å². The SMILES string of the molecule is C=CCP1C(O)C(O)P(CC=C)C(O)C1O. The predicted molar refractivity (Wildman–Crippen MR) is 68.0 cm³/mol. The maximum absolute atomic E-state index is 9.90. The van der Waals surface area contributed by atoms with Crippen LogP contribution in [0.4, 0.5) is 0 Å². The molecule has 0 aromatic heterocycles. The Labute approximate surface area is 97.8 Å². The Kier molecular flexibility index (Phi) is 5.52. The van der Waals surface area contributed by atoms with Gasteiger partial charge in [0.05, 0.1) is 0 Å². The lowest BCUT2D eigenvalue weighted by atomic mass is 10.7. The molecule has 0 aromatic rings. The second kappa shape index (κ2) is 6.20. The smallest absolute Gasteiger partial charge is 0.106 e. The fourth-order valence-corrected chi connectivity index (χ4v) is 7.24. The molecule has 92 valence electrons. The van der Waals surface area contributed by atoms with Crippen molar-refractivity contribution in [2.75, 3.05) is 12.3 Å². The Hall–Kier alpha value is 0.180. The summed E-state index contributed by atoms with van der Waals surface area (Å²) in [5.74, 6) is -3.79. The van der Waals surface area contributed by atoms with E-state index in [2.05, 4.69) is 13.2 Å². The molecule has 4 nitrogen and oxygen atoms in total. The van der Waals surface area contributed by atoms with Crippen molar-refractivity contribution in [1.29, 1.82) is 0 Å². The minimum atomic E-state index is -1.24. The summed E-state index contributed by atoms with van der Waals surface area (Å²) in [7, 11) is -2.47. The van der Waals surface area contributed by atoms with Gasteiger partial charge in [-0.2, -0.15) is 0 Å². The summed E-state index contributed by atoms with van der Waals surface area (Å²) in [5, 5.41) is 39.6. The number of rotatable bonds is 4. The van der Waals surface area contributed by atoms with E-state index >= 15 is 0 Å². The molecule has 1 saturated heterocycles. The lowest BCUT2D eigenvalue weighted by molar-refractivity contribution is 0.0787. The van der Waals surface area contributed by atoms with E-state index in [0.717, 1.165) is 0 Å². The van der Waals surface area contributed by atoms with Crippen molar-refractivity contribution in [3.05, 3.63) is 25.3 Å². The van der Waals surface area contributed by atoms with E-state index in [0.29, 0.717) is 12.3 Å². The molecule has 4 unspecified atom stereocenters. The van der Waals surface area contributed by atoms with Gasteiger partial charge in [-0.25, -0.2) is 0 Å². The van der Waals surface area contributed by atoms with E-state index in [1.807, 2.05) is 0 Å². The summed E-state index contributed by atoms with van der Waals surface area (Å²) < 4.78 is 0. The van der Waals surface area contributed by atoms with Crippen LogP contribution in [-0.2, 0) is 0 Å². The molecule has 0 aliphatic carbocycles. The standard InChI is InChI=1S/C10H18O4P2/c1-3-5-15-7(11)9(13)16(6-4-2)10(14)8(15)12/h3-4,7-14H,1-2,5-6H2. The highest BCUT2D eigenvalue weighted by molar-refractivity contribution is 7.67. The van der Waals surface area contributed by atoms with Crippen LogP contribution in [-0.4, -0.2) is 56.1 Å². The fraction of sp³-hybridized carbons (Fsp3) is 0.600. The highest BCUT2D eigenvalue weighted by Crippen LogP contribution is 2.63. The Bertz CT molecular complexity index is 219. The van der Waals surface area contributed by atoms with E-state index in [4.69, 9.17) is 0 Å². The van der Waals surface area contributed by atoms with Gasteiger partial charge in [-0.05, 0) is 28.2 Å². The Morgan fingerprint density at radius 1 is 0.750 bits per heavy atom. The largest absolute Gasteiger partial charge is 0.385 e. The van der Waals surface area contributed by atoms with Gasteiger partial charge in [0.25, 0.3) is 0 Å². The number of hydrogen-bond donors (Lipinski definition) is 4. The monoisotopic (exact) mass is 264 g/mol. The van der Waals surface area contributed by atoms with E-state index < -0.39 is 39.2 Å². The van der Waals surface area contributed by atoms with Crippen LogP contribution in [0.2, 0.25) is 0 Å². The van der Waals surface area contributed by atoms with E-state index in [-0.39, 0.29) is 0 Å². The fourth-order valence-electron chi connectivity index (χ4n) is 1.73. The van der Waals surface area contributed by atoms with Crippen LogP contribution in [0.3, 0.4) is 0 Å². The number of hydrogen-bond acceptors (Lipinski definition) is 4. The Morgan fingerprint density at radius 3 is 1.19 bits per heavy atom. The van der Waals surface area contributed by atoms with E-state index in [1.54, 1.807) is 12.2 Å². The third-order valence-electron chi connectivity index (χ3n) is 2.57. The molecular weight excluding hydrogens is 246 g/mol. The molecule has 1 aliphatic rings. The molecule has 1 rings (SSSR count). The van der Waals surface area contributed by atoms with Gasteiger partial charge in [0.1, 0.15) is 23.4 Å². The minimum Gasteiger partial charge on any atom is -0.385 e. The van der Waals surface area contributed by atoms with Crippen molar-refractivity contribution >= 4 is 15.8 Å². The van der Waals surface area contributed by atoms with Gasteiger partial charge in [0, 0.05) is 0 Å². The molecule has 1 heterocycles. The zero-order valence-electron chi connectivity index (χ0n) is 8.98. The summed E-state index contributed by atoms with van der Waals surface area (Å²) in [4.78, 5) is 0. The van der Waals surface area contributed by atoms with Gasteiger partial charge in [0.2, 0.25) is 0 Å². The molecule has 0 aromatic carbocycles. The second-order valence-corrected chi connectivity index (χ2v) is 8.53. The van der Waals surface area contributed by atoms with Crippen LogP contribution in [0.25, 0.3) is 0 Å². The maximum Gasteiger partial charge on any atom is 0.106 e. The van der Waals surface area contributed by atoms with Crippen molar-refractivity contribution in [3.63, 3.8) is 0 Å². The first-order chi connectivity index (χ1) is 7.54. The van der Waals surface area contributed by atoms with Crippen LogP contribution in [0.5, 0.6) is 0 Å². The number of aliphatic hydroxyl groups is 4. The van der Waals surface area contributed by atoms with E-state index in [9.17, 15) is 20.4 Å². The Morgan fingerprint density at radius 2 is 1.00 bits per heavy atom. The van der Waals surface area contributed by atoms with Crippen molar-refractivity contribution < 1.29 is 20.4 Å². The van der Waals surface area contributed by atoms with Crippen LogP contribution in [0, 0.1) is 0 Å². The topological polar surface area (TPSA) is 80.9 Å². The molecule has 0 amide bonds. The molecule has 0 radical (unpaired) electrons. The van der Waals surface area contributed by atoms with Gasteiger partial charge < -0.3 is 20.4 Å². The first kappa shape index (κ1) is 14.2. The van der Waals surface area contributed by atoms with Crippen molar-refractivity contribution in [3.8, 4) is 0 Å². The van der Waals surface area contributed by atoms with Crippen LogP contribution >= 0.6 is 15.8 Å². The highest BCUT2D eigenvalue weighted by atomic mass is 31.1. The number of allylic oxidation sites excluding steroid dienone is 2. The molecule has 4 atom stereocenters. The van der Waals surface area contributed by atoms with Gasteiger partial charge in [0.15, 0.2) is 0 Å². The van der Waals surface area contributed by atoms with Gasteiger partial charge >= 0.3 is 0 Å². The van der Waals surface area contributed by atoms with Crippen LogP contribution in [0.15, 0.2) is 25.3 Å². The Balaban J connectivity index is 2.84. The predicted octanol–water partition coefficient (Wildman–Crippen LogP) is 0.609. The molecule has 0 bridgehead atoms. The molecular formula is C10H18O4P2. The average molecular weight is 264 g/mol. The molecule has 0 spiro atoms. The zero-order valence-corrected chi connectivity index (χ0v) is 10.8. The molecule has 6 heteroatoms. The van der Waals surface area contributed by atoms with E-state index in [1.165, 1.54) is 0 Å². The summed E-state index contributed by atoms with van der Waals surface area (Å²) in [6.45, 7) is 7.10. The minimum absolute atomic E-state index is 0.434. The normalized spacial score (nSPS) is 44.0. The third kappa shape index (κ3) is 2.70. The quantitative estimate of drug-likeness (QED) is 0.443. The lowest BCUT2D eigenvalue weighted by Crippen LogP contribution is -2.41. The summed E-state index contributed by atoms with van der Waals surface area (Å²) >= 11 is 0. The summed E-state index contributed by atoms with van der Waals surface area (Å²) in [6.07, 6.45) is 4.06. The molecule has 0 saturated carbocycles. The lowest BCUT2D eigenvalue weighted by Gasteiger charge is -2.44. The zero-order chi connectivity index (χ0) is 12.3. The van der Waals surface area contributed by atoms with Gasteiger partial charge in [-0.3, -0.25) is 0 Å². The molecule has 4 N–H and O–H groups in total. The van der Waals surface area contributed by atoms with Crippen molar-refractivity contribution in [2.24, 2.45) is 0 Å². The number of aliphatic hydroxyl groups excluding tert-OH is 4. The van der Waals surface area contributed by atoms with Crippen molar-refractivity contribution in [2.45, 2.75) is 23.4 Å². The molecule has 1 fully saturated rings.